The van der Waals surface area contributed by atoms with Crippen LogP contribution in [0.25, 0.3) is 17.0 Å². The first kappa shape index (κ1) is 17.3. The Kier molecular flexibility index (Phi) is 4.10. The van der Waals surface area contributed by atoms with Gasteiger partial charge in [0, 0.05) is 22.2 Å². The predicted molar refractivity (Wildman–Crippen MR) is 110 cm³/mol. The third-order valence-corrected chi connectivity index (χ3v) is 5.22. The first-order valence-corrected chi connectivity index (χ1v) is 9.67. The van der Waals surface area contributed by atoms with E-state index in [0.29, 0.717) is 39.5 Å². The number of H-pyrrole nitrogens is 1. The molecule has 5 rings (SSSR count). The number of rotatable bonds is 3. The maximum Gasteiger partial charge on any atom is 0.229 e. The molecule has 2 N–H and O–H groups in total. The van der Waals surface area contributed by atoms with Gasteiger partial charge in [-0.25, -0.2) is 9.67 Å². The summed E-state index contributed by atoms with van der Waals surface area (Å²) in [5.41, 5.74) is 3.89. The highest BCUT2D eigenvalue weighted by Crippen LogP contribution is 2.33. The van der Waals surface area contributed by atoms with E-state index in [1.807, 2.05) is 24.3 Å². The molecule has 4 aromatic rings. The van der Waals surface area contributed by atoms with Gasteiger partial charge in [0.1, 0.15) is 0 Å². The summed E-state index contributed by atoms with van der Waals surface area (Å²) in [5.74, 6) is 1.14. The number of aromatic nitrogens is 4. The van der Waals surface area contributed by atoms with Crippen molar-refractivity contribution in [1.29, 1.82) is 0 Å². The standard InChI is InChI=1S/C20H15Cl2N5O/c21-11-8-12(22)10-13(9-11)23-19-18-16(6-3-7-17(18)28)27(26-19)20-24-14-4-1-2-5-15(14)25-20/h1-2,4-5,8-10H,3,6-7H2,(H,23,26)(H,24,25). The van der Waals surface area contributed by atoms with Crippen molar-refractivity contribution in [1.82, 2.24) is 19.7 Å². The molecular weight excluding hydrogens is 397 g/mol. The molecule has 140 valence electrons. The van der Waals surface area contributed by atoms with Crippen LogP contribution in [0.1, 0.15) is 28.9 Å². The molecule has 0 unspecified atom stereocenters. The predicted octanol–water partition coefficient (Wildman–Crippen LogP) is 5.32. The van der Waals surface area contributed by atoms with E-state index in [9.17, 15) is 4.79 Å². The number of fused-ring (bicyclic) bond motifs is 2. The molecule has 0 bridgehead atoms. The van der Waals surface area contributed by atoms with Crippen LogP contribution in [-0.4, -0.2) is 25.5 Å². The van der Waals surface area contributed by atoms with Crippen molar-refractivity contribution in [3.63, 3.8) is 0 Å². The fourth-order valence-corrected chi connectivity index (χ4v) is 4.11. The number of nitrogens with one attached hydrogen (secondary N) is 2. The Morgan fingerprint density at radius 1 is 1.07 bits per heavy atom. The summed E-state index contributed by atoms with van der Waals surface area (Å²) in [6, 6.07) is 12.9. The maximum absolute atomic E-state index is 12.7. The van der Waals surface area contributed by atoms with Gasteiger partial charge in [0.15, 0.2) is 11.6 Å². The van der Waals surface area contributed by atoms with E-state index >= 15 is 0 Å². The second kappa shape index (κ2) is 6.65. The largest absolute Gasteiger partial charge is 0.338 e. The Morgan fingerprint density at radius 3 is 2.64 bits per heavy atom. The van der Waals surface area contributed by atoms with Gasteiger partial charge in [0.25, 0.3) is 0 Å². The van der Waals surface area contributed by atoms with Crippen molar-refractivity contribution in [3.05, 3.63) is 63.8 Å². The van der Waals surface area contributed by atoms with E-state index in [4.69, 9.17) is 23.2 Å². The minimum atomic E-state index is 0.0687. The molecule has 1 aliphatic carbocycles. The number of benzene rings is 2. The third kappa shape index (κ3) is 2.95. The van der Waals surface area contributed by atoms with Crippen molar-refractivity contribution >= 4 is 51.5 Å². The molecule has 1 aliphatic rings. The monoisotopic (exact) mass is 411 g/mol. The number of halogens is 2. The van der Waals surface area contributed by atoms with Crippen molar-refractivity contribution < 1.29 is 4.79 Å². The average Bonchev–Trinajstić information content (AvgIpc) is 3.23. The Morgan fingerprint density at radius 2 is 1.86 bits per heavy atom. The van der Waals surface area contributed by atoms with Crippen molar-refractivity contribution in [3.8, 4) is 5.95 Å². The fraction of sp³-hybridized carbons (Fsp3) is 0.150. The number of hydrogen-bond donors (Lipinski definition) is 2. The molecule has 0 saturated heterocycles. The second-order valence-corrected chi connectivity index (χ2v) is 7.59. The highest BCUT2D eigenvalue weighted by Gasteiger charge is 2.28. The SMILES string of the molecule is O=C1CCCc2c1c(Nc1cc(Cl)cc(Cl)c1)nn2-c1nc2ccccc2[nH]1. The van der Waals surface area contributed by atoms with Crippen LogP contribution < -0.4 is 5.32 Å². The van der Waals surface area contributed by atoms with Gasteiger partial charge < -0.3 is 10.3 Å². The van der Waals surface area contributed by atoms with Crippen LogP contribution in [0.4, 0.5) is 11.5 Å². The van der Waals surface area contributed by atoms with E-state index in [1.165, 1.54) is 0 Å². The molecule has 0 aliphatic heterocycles. The number of aromatic amines is 1. The first-order chi connectivity index (χ1) is 13.6. The van der Waals surface area contributed by atoms with E-state index in [1.54, 1.807) is 22.9 Å². The highest BCUT2D eigenvalue weighted by molar-refractivity contribution is 6.35. The molecule has 6 nitrogen and oxygen atoms in total. The van der Waals surface area contributed by atoms with Crippen LogP contribution in [-0.2, 0) is 6.42 Å². The normalized spacial score (nSPS) is 13.7. The van der Waals surface area contributed by atoms with Gasteiger partial charge in [-0.1, -0.05) is 35.3 Å². The van der Waals surface area contributed by atoms with E-state index in [2.05, 4.69) is 20.4 Å². The lowest BCUT2D eigenvalue weighted by Crippen LogP contribution is -2.14. The van der Waals surface area contributed by atoms with E-state index in [0.717, 1.165) is 29.6 Å². The van der Waals surface area contributed by atoms with Gasteiger partial charge in [-0.2, -0.15) is 0 Å². The zero-order chi connectivity index (χ0) is 19.3. The van der Waals surface area contributed by atoms with Crippen LogP contribution in [0.15, 0.2) is 42.5 Å². The summed E-state index contributed by atoms with van der Waals surface area (Å²) in [4.78, 5) is 20.6. The molecule has 2 heterocycles. The minimum Gasteiger partial charge on any atom is -0.338 e. The number of Topliss-reactive ketones (excluding diaryl/α,β-unsaturated/α-hetero) is 1. The third-order valence-electron chi connectivity index (χ3n) is 4.78. The smallest absolute Gasteiger partial charge is 0.229 e. The van der Waals surface area contributed by atoms with Gasteiger partial charge in [0.05, 0.1) is 22.3 Å². The van der Waals surface area contributed by atoms with Crippen molar-refractivity contribution in [2.45, 2.75) is 19.3 Å². The molecule has 8 heteroatoms. The Hall–Kier alpha value is -2.83. The van der Waals surface area contributed by atoms with Gasteiger partial charge in [-0.05, 0) is 43.2 Å². The molecule has 2 aromatic carbocycles. The lowest BCUT2D eigenvalue weighted by Gasteiger charge is -2.12. The van der Waals surface area contributed by atoms with Crippen molar-refractivity contribution in [2.24, 2.45) is 0 Å². The zero-order valence-corrected chi connectivity index (χ0v) is 16.2. The van der Waals surface area contributed by atoms with Gasteiger partial charge >= 0.3 is 0 Å². The summed E-state index contributed by atoms with van der Waals surface area (Å²) in [7, 11) is 0. The molecule has 0 fully saturated rings. The number of carbonyl (C=O) groups is 1. The fourth-order valence-electron chi connectivity index (χ4n) is 3.58. The van der Waals surface area contributed by atoms with Crippen LogP contribution in [0, 0.1) is 0 Å². The van der Waals surface area contributed by atoms with E-state index in [-0.39, 0.29) is 5.78 Å². The number of ketones is 1. The average molecular weight is 412 g/mol. The van der Waals surface area contributed by atoms with Crippen LogP contribution in [0.3, 0.4) is 0 Å². The van der Waals surface area contributed by atoms with Crippen LogP contribution in [0.2, 0.25) is 10.0 Å². The van der Waals surface area contributed by atoms with Crippen LogP contribution >= 0.6 is 23.2 Å². The Labute approximate surface area is 170 Å². The number of para-hydroxylation sites is 2. The lowest BCUT2D eigenvalue weighted by molar-refractivity contribution is 0.0973. The first-order valence-electron chi connectivity index (χ1n) is 8.92. The van der Waals surface area contributed by atoms with Gasteiger partial charge in [-0.15, -0.1) is 5.10 Å². The number of anilines is 2. The summed E-state index contributed by atoms with van der Waals surface area (Å²) in [6.07, 6.45) is 2.05. The molecule has 28 heavy (non-hydrogen) atoms. The Balaban J connectivity index is 1.64. The molecular formula is C20H15Cl2N5O. The minimum absolute atomic E-state index is 0.0687. The van der Waals surface area contributed by atoms with E-state index < -0.39 is 0 Å². The lowest BCUT2D eigenvalue weighted by atomic mass is 9.96. The topological polar surface area (TPSA) is 75.6 Å². The highest BCUT2D eigenvalue weighted by atomic mass is 35.5. The summed E-state index contributed by atoms with van der Waals surface area (Å²) in [5, 5.41) is 8.88. The van der Waals surface area contributed by atoms with Crippen molar-refractivity contribution in [2.75, 3.05) is 5.32 Å². The number of carbonyl (C=O) groups excluding carboxylic acids is 1. The number of hydrogen-bond acceptors (Lipinski definition) is 4. The number of imidazole rings is 1. The quantitative estimate of drug-likeness (QED) is 0.478. The van der Waals surface area contributed by atoms with Gasteiger partial charge in [-0.3, -0.25) is 4.79 Å². The van der Waals surface area contributed by atoms with Gasteiger partial charge in [0.2, 0.25) is 5.95 Å². The maximum atomic E-state index is 12.7. The number of nitrogens with zero attached hydrogens (tertiary/aromatic N) is 3. The Bertz CT molecular complexity index is 1170. The molecule has 0 saturated carbocycles. The molecule has 0 amide bonds. The summed E-state index contributed by atoms with van der Waals surface area (Å²) < 4.78 is 1.72. The van der Waals surface area contributed by atoms with Crippen LogP contribution in [0.5, 0.6) is 0 Å². The summed E-state index contributed by atoms with van der Waals surface area (Å²) in [6.45, 7) is 0. The molecule has 2 aromatic heterocycles. The molecule has 0 radical (unpaired) electrons. The second-order valence-electron chi connectivity index (χ2n) is 6.72. The summed E-state index contributed by atoms with van der Waals surface area (Å²) >= 11 is 12.2. The molecule has 0 spiro atoms. The zero-order valence-electron chi connectivity index (χ0n) is 14.7. The molecule has 0 atom stereocenters.